The maximum atomic E-state index is 11.8. The van der Waals surface area contributed by atoms with Crippen molar-refractivity contribution >= 4 is 11.7 Å². The van der Waals surface area contributed by atoms with Gasteiger partial charge in [0.2, 0.25) is 0 Å². The summed E-state index contributed by atoms with van der Waals surface area (Å²) in [7, 11) is 0. The molecule has 108 valence electrons. The third kappa shape index (κ3) is 3.24. The van der Waals surface area contributed by atoms with E-state index in [2.05, 4.69) is 20.8 Å². The molecule has 0 spiro atoms. The number of carbonyl (C=O) groups excluding carboxylic acids is 1. The first-order valence-corrected chi connectivity index (χ1v) is 6.59. The minimum Gasteiger partial charge on any atom is -0.396 e. The Morgan fingerprint density at radius 1 is 1.35 bits per heavy atom. The summed E-state index contributed by atoms with van der Waals surface area (Å²) >= 11 is 0. The van der Waals surface area contributed by atoms with Crippen LogP contribution in [-0.4, -0.2) is 38.4 Å². The van der Waals surface area contributed by atoms with Crippen molar-refractivity contribution in [2.24, 2.45) is 0 Å². The van der Waals surface area contributed by atoms with Gasteiger partial charge in [-0.2, -0.15) is 0 Å². The summed E-state index contributed by atoms with van der Waals surface area (Å²) in [5.74, 6) is 0.672. The highest BCUT2D eigenvalue weighted by atomic mass is 16.3. The quantitative estimate of drug-likeness (QED) is 0.756. The molecule has 2 rings (SSSR count). The van der Waals surface area contributed by atoms with Gasteiger partial charge in [0.1, 0.15) is 0 Å². The van der Waals surface area contributed by atoms with Crippen molar-refractivity contribution in [2.75, 3.05) is 6.61 Å². The number of carbonyl (C=O) groups is 1. The van der Waals surface area contributed by atoms with Crippen molar-refractivity contribution in [3.63, 3.8) is 0 Å². The summed E-state index contributed by atoms with van der Waals surface area (Å²) < 4.78 is 1.84. The van der Waals surface area contributed by atoms with E-state index < -0.39 is 0 Å². The molecule has 0 fully saturated rings. The fourth-order valence-corrected chi connectivity index (χ4v) is 1.95. The number of urea groups is 1. The number of fused-ring (bicyclic) bond motifs is 1. The second-order valence-corrected chi connectivity index (χ2v) is 4.74. The molecule has 1 unspecified atom stereocenters. The van der Waals surface area contributed by atoms with Crippen LogP contribution in [0.1, 0.15) is 32.1 Å². The van der Waals surface area contributed by atoms with Gasteiger partial charge in [-0.1, -0.05) is 6.07 Å². The molecule has 2 atom stereocenters. The fourth-order valence-electron chi connectivity index (χ4n) is 1.95. The molecule has 7 nitrogen and oxygen atoms in total. The maximum Gasteiger partial charge on any atom is 0.315 e. The van der Waals surface area contributed by atoms with Crippen molar-refractivity contribution in [3.05, 3.63) is 30.2 Å². The first-order valence-electron chi connectivity index (χ1n) is 6.59. The fraction of sp³-hybridized carbons (Fsp3) is 0.462. The van der Waals surface area contributed by atoms with Gasteiger partial charge < -0.3 is 15.7 Å². The smallest absolute Gasteiger partial charge is 0.315 e. The van der Waals surface area contributed by atoms with Crippen LogP contribution in [0.4, 0.5) is 4.79 Å². The molecular weight excluding hydrogens is 258 g/mol. The molecule has 2 heterocycles. The SMILES string of the molecule is CC(NC(=O)N[C@H](C)CCO)c1nnc2ccccn12. The highest BCUT2D eigenvalue weighted by Gasteiger charge is 2.16. The molecule has 0 aliphatic heterocycles. The molecule has 0 radical (unpaired) electrons. The Morgan fingerprint density at radius 3 is 2.90 bits per heavy atom. The predicted octanol–water partition coefficient (Wildman–Crippen LogP) is 0.860. The first-order chi connectivity index (χ1) is 9.61. The van der Waals surface area contributed by atoms with Gasteiger partial charge in [-0.15, -0.1) is 10.2 Å². The third-order valence-electron chi connectivity index (χ3n) is 3.01. The summed E-state index contributed by atoms with van der Waals surface area (Å²) in [6.07, 6.45) is 2.38. The molecule has 2 aromatic rings. The van der Waals surface area contributed by atoms with Gasteiger partial charge in [-0.05, 0) is 32.4 Å². The standard InChI is InChI=1S/C13H19N5O2/c1-9(6-8-19)14-13(20)15-10(2)12-17-16-11-5-3-4-7-18(11)12/h3-5,7,9-10,19H,6,8H2,1-2H3,(H2,14,15,20)/t9-,10?/m1/s1. The molecule has 2 amide bonds. The van der Waals surface area contributed by atoms with E-state index in [1.807, 2.05) is 42.6 Å². The second kappa shape index (κ2) is 6.33. The molecule has 0 aromatic carbocycles. The van der Waals surface area contributed by atoms with Gasteiger partial charge in [0, 0.05) is 18.8 Å². The topological polar surface area (TPSA) is 91.5 Å². The highest BCUT2D eigenvalue weighted by molar-refractivity contribution is 5.74. The van der Waals surface area contributed by atoms with Crippen LogP contribution < -0.4 is 10.6 Å². The van der Waals surface area contributed by atoms with Crippen molar-refractivity contribution in [2.45, 2.75) is 32.4 Å². The zero-order valence-electron chi connectivity index (χ0n) is 11.6. The third-order valence-corrected chi connectivity index (χ3v) is 3.01. The van der Waals surface area contributed by atoms with Gasteiger partial charge in [0.25, 0.3) is 0 Å². The molecule has 0 saturated carbocycles. The van der Waals surface area contributed by atoms with E-state index in [4.69, 9.17) is 5.11 Å². The van der Waals surface area contributed by atoms with Crippen LogP contribution >= 0.6 is 0 Å². The maximum absolute atomic E-state index is 11.8. The summed E-state index contributed by atoms with van der Waals surface area (Å²) in [5.41, 5.74) is 0.741. The Morgan fingerprint density at radius 2 is 2.15 bits per heavy atom. The number of nitrogens with one attached hydrogen (secondary N) is 2. The Hall–Kier alpha value is -2.15. The summed E-state index contributed by atoms with van der Waals surface area (Å²) in [6, 6.07) is 4.99. The number of aliphatic hydroxyl groups is 1. The van der Waals surface area contributed by atoms with E-state index in [1.54, 1.807) is 0 Å². The monoisotopic (exact) mass is 277 g/mol. The van der Waals surface area contributed by atoms with Gasteiger partial charge in [0.05, 0.1) is 6.04 Å². The van der Waals surface area contributed by atoms with E-state index in [1.165, 1.54) is 0 Å². The van der Waals surface area contributed by atoms with E-state index in [0.717, 1.165) is 5.65 Å². The van der Waals surface area contributed by atoms with Crippen molar-refractivity contribution in [1.29, 1.82) is 0 Å². The lowest BCUT2D eigenvalue weighted by molar-refractivity contribution is 0.228. The lowest BCUT2D eigenvalue weighted by Crippen LogP contribution is -2.42. The van der Waals surface area contributed by atoms with Crippen LogP contribution in [-0.2, 0) is 0 Å². The molecule has 0 bridgehead atoms. The average Bonchev–Trinajstić information content (AvgIpc) is 2.82. The van der Waals surface area contributed by atoms with Crippen molar-refractivity contribution in [1.82, 2.24) is 25.2 Å². The molecule has 0 aliphatic rings. The van der Waals surface area contributed by atoms with E-state index >= 15 is 0 Å². The molecular formula is C13H19N5O2. The highest BCUT2D eigenvalue weighted by Crippen LogP contribution is 2.11. The number of amides is 2. The van der Waals surface area contributed by atoms with Crippen LogP contribution in [0.15, 0.2) is 24.4 Å². The zero-order chi connectivity index (χ0) is 14.5. The molecule has 2 aromatic heterocycles. The minimum atomic E-state index is -0.286. The predicted molar refractivity (Wildman–Crippen MR) is 74.2 cm³/mol. The Bertz CT molecular complexity index is 583. The van der Waals surface area contributed by atoms with E-state index in [9.17, 15) is 4.79 Å². The number of hydrogen-bond acceptors (Lipinski definition) is 4. The van der Waals surface area contributed by atoms with Crippen LogP contribution in [0.3, 0.4) is 0 Å². The van der Waals surface area contributed by atoms with Crippen LogP contribution in [0.2, 0.25) is 0 Å². The van der Waals surface area contributed by atoms with Crippen molar-refractivity contribution < 1.29 is 9.90 Å². The number of pyridine rings is 1. The molecule has 20 heavy (non-hydrogen) atoms. The molecule has 3 N–H and O–H groups in total. The molecule has 0 aliphatic carbocycles. The van der Waals surface area contributed by atoms with Gasteiger partial charge in [0.15, 0.2) is 11.5 Å². The van der Waals surface area contributed by atoms with E-state index in [0.29, 0.717) is 12.2 Å². The van der Waals surface area contributed by atoms with Gasteiger partial charge >= 0.3 is 6.03 Å². The average molecular weight is 277 g/mol. The summed E-state index contributed by atoms with van der Waals surface area (Å²) in [5, 5.41) is 22.5. The minimum absolute atomic E-state index is 0.0474. The van der Waals surface area contributed by atoms with Crippen LogP contribution in [0, 0.1) is 0 Å². The van der Waals surface area contributed by atoms with Crippen LogP contribution in [0.25, 0.3) is 5.65 Å². The van der Waals surface area contributed by atoms with Crippen molar-refractivity contribution in [3.8, 4) is 0 Å². The van der Waals surface area contributed by atoms with Gasteiger partial charge in [-0.3, -0.25) is 4.40 Å². The number of hydrogen-bond donors (Lipinski definition) is 3. The normalized spacial score (nSPS) is 13.9. The van der Waals surface area contributed by atoms with Gasteiger partial charge in [-0.25, -0.2) is 4.79 Å². The van der Waals surface area contributed by atoms with E-state index in [-0.39, 0.29) is 24.7 Å². The zero-order valence-corrected chi connectivity index (χ0v) is 11.6. The largest absolute Gasteiger partial charge is 0.396 e. The second-order valence-electron chi connectivity index (χ2n) is 4.74. The lowest BCUT2D eigenvalue weighted by Gasteiger charge is -2.16. The Balaban J connectivity index is 2.01. The number of nitrogens with zero attached hydrogens (tertiary/aromatic N) is 3. The lowest BCUT2D eigenvalue weighted by atomic mass is 10.2. The Labute approximate surface area is 117 Å². The summed E-state index contributed by atoms with van der Waals surface area (Å²) in [6.45, 7) is 3.73. The molecule has 7 heteroatoms. The summed E-state index contributed by atoms with van der Waals surface area (Å²) in [4.78, 5) is 11.8. The number of aromatic nitrogens is 3. The number of rotatable bonds is 5. The number of aliphatic hydroxyl groups excluding tert-OH is 1. The van der Waals surface area contributed by atoms with Crippen LogP contribution in [0.5, 0.6) is 0 Å². The molecule has 0 saturated heterocycles. The first kappa shape index (κ1) is 14.3. The Kier molecular flexibility index (Phi) is 4.52.